The number of anilines is 4. The SMILES string of the molecule is Cc1cc(Nc2ncnc3nc(Nc4ccc(CN(C)C[C@H]5CCCO5)cc4)sc23)ccc1F. The zero-order valence-corrected chi connectivity index (χ0v) is 20.0. The number of hydrogen-bond donors (Lipinski definition) is 2. The van der Waals surface area contributed by atoms with E-state index in [1.54, 1.807) is 19.1 Å². The first-order valence-corrected chi connectivity index (χ1v) is 12.2. The van der Waals surface area contributed by atoms with Gasteiger partial charge in [0.25, 0.3) is 0 Å². The molecule has 4 aromatic rings. The summed E-state index contributed by atoms with van der Waals surface area (Å²) in [5.41, 5.74) is 4.16. The molecule has 2 N–H and O–H groups in total. The lowest BCUT2D eigenvalue weighted by Crippen LogP contribution is -2.28. The van der Waals surface area contributed by atoms with Crippen LogP contribution in [0.1, 0.15) is 24.0 Å². The summed E-state index contributed by atoms with van der Waals surface area (Å²) < 4.78 is 20.2. The van der Waals surface area contributed by atoms with Crippen LogP contribution >= 0.6 is 11.3 Å². The molecule has 2 aromatic heterocycles. The molecule has 176 valence electrons. The van der Waals surface area contributed by atoms with Gasteiger partial charge in [-0.2, -0.15) is 4.98 Å². The van der Waals surface area contributed by atoms with Crippen LogP contribution in [-0.2, 0) is 11.3 Å². The van der Waals surface area contributed by atoms with Crippen LogP contribution in [0.3, 0.4) is 0 Å². The van der Waals surface area contributed by atoms with E-state index in [1.807, 2.05) is 0 Å². The van der Waals surface area contributed by atoms with Crippen molar-refractivity contribution in [2.24, 2.45) is 0 Å². The summed E-state index contributed by atoms with van der Waals surface area (Å²) in [6, 6.07) is 13.3. The van der Waals surface area contributed by atoms with Crippen LogP contribution in [-0.4, -0.2) is 46.2 Å². The Hall–Kier alpha value is -3.14. The number of benzene rings is 2. The number of nitrogens with one attached hydrogen (secondary N) is 2. The predicted octanol–water partition coefficient (Wildman–Crippen LogP) is 5.63. The number of thiazole rings is 1. The van der Waals surface area contributed by atoms with Gasteiger partial charge in [0.2, 0.25) is 0 Å². The van der Waals surface area contributed by atoms with Crippen molar-refractivity contribution in [2.45, 2.75) is 32.4 Å². The lowest BCUT2D eigenvalue weighted by Gasteiger charge is -2.20. The van der Waals surface area contributed by atoms with Crippen molar-refractivity contribution in [1.29, 1.82) is 0 Å². The largest absolute Gasteiger partial charge is 0.377 e. The number of hydrogen-bond acceptors (Lipinski definition) is 8. The fourth-order valence-corrected chi connectivity index (χ4v) is 4.97. The Labute approximate surface area is 202 Å². The van der Waals surface area contributed by atoms with Gasteiger partial charge < -0.3 is 15.4 Å². The maximum atomic E-state index is 13.6. The van der Waals surface area contributed by atoms with E-state index in [0.29, 0.717) is 23.1 Å². The van der Waals surface area contributed by atoms with Crippen molar-refractivity contribution in [2.75, 3.05) is 30.8 Å². The average molecular weight is 479 g/mol. The Bertz CT molecular complexity index is 1270. The molecule has 7 nitrogen and oxygen atoms in total. The molecule has 1 saturated heterocycles. The van der Waals surface area contributed by atoms with Crippen molar-refractivity contribution in [3.8, 4) is 0 Å². The first kappa shape index (κ1) is 22.6. The summed E-state index contributed by atoms with van der Waals surface area (Å²) in [6.07, 6.45) is 4.16. The van der Waals surface area contributed by atoms with Gasteiger partial charge in [0.1, 0.15) is 16.8 Å². The molecule has 0 unspecified atom stereocenters. The van der Waals surface area contributed by atoms with Crippen LogP contribution in [0.4, 0.5) is 26.7 Å². The maximum absolute atomic E-state index is 13.6. The number of ether oxygens (including phenoxy) is 1. The molecule has 0 saturated carbocycles. The summed E-state index contributed by atoms with van der Waals surface area (Å²) >= 11 is 1.47. The molecule has 0 aliphatic carbocycles. The fraction of sp³-hybridized carbons (Fsp3) is 0.320. The Morgan fingerprint density at radius 2 is 1.94 bits per heavy atom. The molecule has 5 rings (SSSR count). The minimum atomic E-state index is -0.233. The molecule has 34 heavy (non-hydrogen) atoms. The quantitative estimate of drug-likeness (QED) is 0.340. The number of halogens is 1. The minimum absolute atomic E-state index is 0.233. The molecule has 0 bridgehead atoms. The van der Waals surface area contributed by atoms with Gasteiger partial charge in [-0.3, -0.25) is 4.90 Å². The van der Waals surface area contributed by atoms with Gasteiger partial charge in [-0.15, -0.1) is 0 Å². The molecule has 1 atom stereocenters. The second-order valence-electron chi connectivity index (χ2n) is 8.64. The second kappa shape index (κ2) is 10.0. The summed E-state index contributed by atoms with van der Waals surface area (Å²) in [4.78, 5) is 15.6. The standard InChI is InChI=1S/C25H27FN6OS/c1-16-12-19(9-10-21(16)26)29-23-22-24(28-15-27-23)31-25(34-22)30-18-7-5-17(6-8-18)13-32(2)14-20-4-3-11-33-20/h5-10,12,15,20H,3-4,11,13-14H2,1-2H3,(H2,27,28,29,30,31)/t20-/m1/s1. The third-order valence-electron chi connectivity index (χ3n) is 5.81. The molecule has 2 aromatic carbocycles. The zero-order chi connectivity index (χ0) is 23.5. The Morgan fingerprint density at radius 1 is 1.12 bits per heavy atom. The zero-order valence-electron chi connectivity index (χ0n) is 19.2. The number of nitrogens with zero attached hydrogens (tertiary/aromatic N) is 4. The highest BCUT2D eigenvalue weighted by atomic mass is 32.1. The van der Waals surface area contributed by atoms with Crippen molar-refractivity contribution >= 4 is 44.0 Å². The van der Waals surface area contributed by atoms with Gasteiger partial charge in [-0.1, -0.05) is 23.5 Å². The topological polar surface area (TPSA) is 75.2 Å². The molecule has 1 aliphatic rings. The van der Waals surface area contributed by atoms with Crippen LogP contribution in [0.25, 0.3) is 10.3 Å². The molecule has 0 amide bonds. The highest BCUT2D eigenvalue weighted by Crippen LogP contribution is 2.33. The number of likely N-dealkylation sites (N-methyl/N-ethyl adjacent to an activating group) is 1. The molecule has 1 aliphatic heterocycles. The van der Waals surface area contributed by atoms with E-state index >= 15 is 0 Å². The molecule has 0 spiro atoms. The van der Waals surface area contributed by atoms with Gasteiger partial charge in [0.05, 0.1) is 6.10 Å². The van der Waals surface area contributed by atoms with Crippen LogP contribution in [0, 0.1) is 12.7 Å². The second-order valence-corrected chi connectivity index (χ2v) is 9.64. The Morgan fingerprint density at radius 3 is 2.71 bits per heavy atom. The minimum Gasteiger partial charge on any atom is -0.377 e. The average Bonchev–Trinajstić information content (AvgIpc) is 3.47. The Balaban J connectivity index is 1.25. The van der Waals surface area contributed by atoms with Gasteiger partial charge in [-0.25, -0.2) is 14.4 Å². The van der Waals surface area contributed by atoms with Gasteiger partial charge in [0, 0.05) is 31.1 Å². The highest BCUT2D eigenvalue weighted by molar-refractivity contribution is 7.22. The molecule has 0 radical (unpaired) electrons. The summed E-state index contributed by atoms with van der Waals surface area (Å²) in [5, 5.41) is 7.36. The highest BCUT2D eigenvalue weighted by Gasteiger charge is 2.17. The predicted molar refractivity (Wildman–Crippen MR) is 135 cm³/mol. The smallest absolute Gasteiger partial charge is 0.189 e. The number of aryl methyl sites for hydroxylation is 1. The third kappa shape index (κ3) is 5.32. The summed E-state index contributed by atoms with van der Waals surface area (Å²) in [6.45, 7) is 4.47. The van der Waals surface area contributed by atoms with Crippen LogP contribution in [0.2, 0.25) is 0 Å². The van der Waals surface area contributed by atoms with Gasteiger partial charge >= 0.3 is 0 Å². The lowest BCUT2D eigenvalue weighted by molar-refractivity contribution is 0.0793. The van der Waals surface area contributed by atoms with E-state index in [0.717, 1.165) is 47.3 Å². The number of fused-ring (bicyclic) bond motifs is 1. The first-order chi connectivity index (χ1) is 16.5. The van der Waals surface area contributed by atoms with Crippen LogP contribution in [0.5, 0.6) is 0 Å². The van der Waals surface area contributed by atoms with E-state index < -0.39 is 0 Å². The van der Waals surface area contributed by atoms with Crippen molar-refractivity contribution in [3.05, 3.63) is 65.7 Å². The van der Waals surface area contributed by atoms with E-state index in [-0.39, 0.29) is 5.82 Å². The van der Waals surface area contributed by atoms with Crippen molar-refractivity contribution in [1.82, 2.24) is 19.9 Å². The van der Waals surface area contributed by atoms with Crippen molar-refractivity contribution in [3.63, 3.8) is 0 Å². The molecule has 1 fully saturated rings. The Kier molecular flexibility index (Phi) is 6.66. The van der Waals surface area contributed by atoms with Crippen molar-refractivity contribution < 1.29 is 9.13 Å². The monoisotopic (exact) mass is 478 g/mol. The molecular weight excluding hydrogens is 451 g/mol. The maximum Gasteiger partial charge on any atom is 0.189 e. The number of aromatic nitrogens is 3. The summed E-state index contributed by atoms with van der Waals surface area (Å²) in [5.74, 6) is 0.411. The van der Waals surface area contributed by atoms with E-state index in [9.17, 15) is 4.39 Å². The fourth-order valence-electron chi connectivity index (χ4n) is 4.08. The summed E-state index contributed by atoms with van der Waals surface area (Å²) in [7, 11) is 2.13. The van der Waals surface area contributed by atoms with Crippen LogP contribution < -0.4 is 10.6 Å². The van der Waals surface area contributed by atoms with Gasteiger partial charge in [-0.05, 0) is 68.3 Å². The normalized spacial score (nSPS) is 15.8. The van der Waals surface area contributed by atoms with E-state index in [1.165, 1.54) is 35.7 Å². The lowest BCUT2D eigenvalue weighted by atomic mass is 10.2. The molecule has 3 heterocycles. The molecule has 9 heteroatoms. The first-order valence-electron chi connectivity index (χ1n) is 11.3. The van der Waals surface area contributed by atoms with E-state index in [4.69, 9.17) is 4.74 Å². The molecular formula is C25H27FN6OS. The van der Waals surface area contributed by atoms with Gasteiger partial charge in [0.15, 0.2) is 16.6 Å². The number of rotatable bonds is 8. The third-order valence-corrected chi connectivity index (χ3v) is 6.78. The van der Waals surface area contributed by atoms with E-state index in [2.05, 4.69) is 61.8 Å². The van der Waals surface area contributed by atoms with Crippen LogP contribution in [0.15, 0.2) is 48.8 Å².